The van der Waals surface area contributed by atoms with Crippen LogP contribution in [0.2, 0.25) is 0 Å². The van der Waals surface area contributed by atoms with Crippen molar-refractivity contribution in [3.05, 3.63) is 125 Å². The van der Waals surface area contributed by atoms with Gasteiger partial charge in [-0.05, 0) is 77.1 Å². The molecule has 0 radical (unpaired) electrons. The Morgan fingerprint density at radius 2 is 1.17 bits per heavy atom. The summed E-state index contributed by atoms with van der Waals surface area (Å²) in [6.45, 7) is 0.00488. The largest absolute Gasteiger partial charge is 1.00 e. The van der Waals surface area contributed by atoms with Crippen LogP contribution in [0.1, 0.15) is 79.2 Å². The summed E-state index contributed by atoms with van der Waals surface area (Å²) in [5.41, 5.74) is 3.81. The number of carbonyl (C=O) groups is 2. The zero-order valence-electron chi connectivity index (χ0n) is 28.2. The quantitative estimate of drug-likeness (QED) is 0.0758. The van der Waals surface area contributed by atoms with Crippen molar-refractivity contribution in [3.63, 3.8) is 0 Å². The van der Waals surface area contributed by atoms with Crippen LogP contribution >= 0.6 is 0 Å². The molecular weight excluding hydrogens is 601 g/mol. The van der Waals surface area contributed by atoms with E-state index in [4.69, 9.17) is 19.3 Å². The molecular formula is C39H45LiNO7+. The minimum absolute atomic E-state index is 0. The van der Waals surface area contributed by atoms with E-state index in [1.165, 1.54) is 0 Å². The second-order valence-corrected chi connectivity index (χ2v) is 11.6. The molecule has 48 heavy (non-hydrogen) atoms. The number of anilines is 1. The number of aliphatic hydroxyl groups is 1. The SMILES string of the molecule is COc1ccc(C(OCc2cc(CO)cc(NC(=O)CCCCCCCCC(=O)O)c2)(c2ccccc2)c2ccc(OC)cc2)cc1.[Li+]. The number of benzene rings is 4. The van der Waals surface area contributed by atoms with E-state index in [-0.39, 0.29) is 44.4 Å². The number of carboxylic acids is 1. The smallest absolute Gasteiger partial charge is 0.497 e. The van der Waals surface area contributed by atoms with Gasteiger partial charge >= 0.3 is 24.8 Å². The average molecular weight is 647 g/mol. The van der Waals surface area contributed by atoms with Crippen molar-refractivity contribution in [2.24, 2.45) is 0 Å². The first-order valence-corrected chi connectivity index (χ1v) is 16.1. The number of aliphatic carboxylic acids is 1. The second-order valence-electron chi connectivity index (χ2n) is 11.6. The molecule has 4 rings (SSSR count). The van der Waals surface area contributed by atoms with Crippen molar-refractivity contribution < 1.29 is 52.9 Å². The zero-order valence-corrected chi connectivity index (χ0v) is 28.2. The molecule has 4 aromatic rings. The Morgan fingerprint density at radius 3 is 1.69 bits per heavy atom. The van der Waals surface area contributed by atoms with Gasteiger partial charge in [0.2, 0.25) is 5.91 Å². The number of methoxy groups -OCH3 is 2. The van der Waals surface area contributed by atoms with E-state index in [1.54, 1.807) is 20.3 Å². The van der Waals surface area contributed by atoms with E-state index in [0.29, 0.717) is 24.1 Å². The molecule has 8 nitrogen and oxygen atoms in total. The van der Waals surface area contributed by atoms with Crippen LogP contribution in [0.25, 0.3) is 0 Å². The molecule has 0 saturated carbocycles. The summed E-state index contributed by atoms with van der Waals surface area (Å²) in [6.07, 6.45) is 5.77. The first-order valence-electron chi connectivity index (χ1n) is 16.1. The van der Waals surface area contributed by atoms with Crippen LogP contribution < -0.4 is 33.7 Å². The van der Waals surface area contributed by atoms with Crippen LogP contribution in [0.3, 0.4) is 0 Å². The van der Waals surface area contributed by atoms with Crippen LogP contribution in [0.15, 0.2) is 97.1 Å². The van der Waals surface area contributed by atoms with Crippen molar-refractivity contribution in [2.45, 2.75) is 70.2 Å². The number of nitrogens with one attached hydrogen (secondary N) is 1. The summed E-state index contributed by atoms with van der Waals surface area (Å²) in [5.74, 6) is 0.619. The van der Waals surface area contributed by atoms with Gasteiger partial charge in [-0.25, -0.2) is 0 Å². The summed E-state index contributed by atoms with van der Waals surface area (Å²) in [4.78, 5) is 23.5. The number of rotatable bonds is 19. The maximum Gasteiger partial charge on any atom is 1.00 e. The van der Waals surface area contributed by atoms with E-state index in [9.17, 15) is 14.7 Å². The van der Waals surface area contributed by atoms with Crippen molar-refractivity contribution in [1.29, 1.82) is 0 Å². The molecule has 0 heterocycles. The fourth-order valence-electron chi connectivity index (χ4n) is 5.77. The normalized spacial score (nSPS) is 11.0. The van der Waals surface area contributed by atoms with Gasteiger partial charge in [-0.15, -0.1) is 0 Å². The third kappa shape index (κ3) is 10.7. The Bertz CT molecular complexity index is 1510. The average Bonchev–Trinajstić information content (AvgIpc) is 3.10. The van der Waals surface area contributed by atoms with Crippen molar-refractivity contribution in [3.8, 4) is 11.5 Å². The van der Waals surface area contributed by atoms with Crippen molar-refractivity contribution in [1.82, 2.24) is 0 Å². The van der Waals surface area contributed by atoms with Crippen LogP contribution in [0.5, 0.6) is 11.5 Å². The molecule has 0 unspecified atom stereocenters. The van der Waals surface area contributed by atoms with Gasteiger partial charge in [0.15, 0.2) is 0 Å². The number of aliphatic hydroxyl groups excluding tert-OH is 1. The summed E-state index contributed by atoms with van der Waals surface area (Å²) < 4.78 is 17.9. The third-order valence-electron chi connectivity index (χ3n) is 8.19. The van der Waals surface area contributed by atoms with Gasteiger partial charge in [0.1, 0.15) is 17.1 Å². The molecule has 0 saturated heterocycles. The van der Waals surface area contributed by atoms with Crippen LogP contribution in [0.4, 0.5) is 5.69 Å². The Hall–Kier alpha value is -4.06. The fraction of sp³-hybridized carbons (Fsp3) is 0.333. The molecule has 0 aliphatic rings. The number of ether oxygens (including phenoxy) is 3. The molecule has 4 aromatic carbocycles. The van der Waals surface area contributed by atoms with Gasteiger partial charge in [0.25, 0.3) is 0 Å². The molecule has 0 bridgehead atoms. The van der Waals surface area contributed by atoms with Gasteiger partial charge in [-0.3, -0.25) is 9.59 Å². The van der Waals surface area contributed by atoms with Crippen LogP contribution in [0, 0.1) is 0 Å². The molecule has 0 spiro atoms. The molecule has 0 aliphatic heterocycles. The molecule has 248 valence electrons. The van der Waals surface area contributed by atoms with Gasteiger partial charge in [0, 0.05) is 18.5 Å². The summed E-state index contributed by atoms with van der Waals surface area (Å²) in [6, 6.07) is 31.3. The van der Waals surface area contributed by atoms with E-state index in [2.05, 4.69) is 5.32 Å². The summed E-state index contributed by atoms with van der Waals surface area (Å²) in [5, 5.41) is 21.8. The summed E-state index contributed by atoms with van der Waals surface area (Å²) >= 11 is 0. The number of carboxylic acid groups (broad SMARTS) is 1. The van der Waals surface area contributed by atoms with E-state index < -0.39 is 11.6 Å². The molecule has 9 heteroatoms. The monoisotopic (exact) mass is 646 g/mol. The number of hydrogen-bond donors (Lipinski definition) is 3. The molecule has 0 aliphatic carbocycles. The molecule has 3 N–H and O–H groups in total. The second kappa shape index (κ2) is 19.7. The molecule has 1 amide bonds. The first kappa shape index (κ1) is 38.4. The van der Waals surface area contributed by atoms with Crippen molar-refractivity contribution in [2.75, 3.05) is 19.5 Å². The van der Waals surface area contributed by atoms with Gasteiger partial charge in [0.05, 0.1) is 27.4 Å². The van der Waals surface area contributed by atoms with E-state index in [0.717, 1.165) is 65.9 Å². The maximum atomic E-state index is 12.8. The minimum Gasteiger partial charge on any atom is -0.497 e. The van der Waals surface area contributed by atoms with Gasteiger partial charge in [-0.2, -0.15) is 0 Å². The maximum absolute atomic E-state index is 12.8. The van der Waals surface area contributed by atoms with Gasteiger partial charge in [-0.1, -0.05) is 86.3 Å². The molecule has 0 aromatic heterocycles. The number of amides is 1. The van der Waals surface area contributed by atoms with E-state index >= 15 is 0 Å². The number of unbranched alkanes of at least 4 members (excludes halogenated alkanes) is 5. The summed E-state index contributed by atoms with van der Waals surface area (Å²) in [7, 11) is 3.27. The number of hydrogen-bond acceptors (Lipinski definition) is 6. The standard InChI is InChI=1S/C39H45NO7.Li/c1-45-35-20-16-32(17-21-35)39(31-12-8-7-9-13-31,33-18-22-36(46-2)23-19-33)47-28-30-24-29(27-41)25-34(26-30)40-37(42)14-10-5-3-4-6-11-15-38(43)44;/h7-9,12-13,16-26,41H,3-6,10-11,14-15,27-28H2,1-2H3,(H,40,42)(H,43,44);/q;+1. The Morgan fingerprint density at radius 1 is 0.667 bits per heavy atom. The van der Waals surface area contributed by atoms with Crippen molar-refractivity contribution >= 4 is 17.6 Å². The topological polar surface area (TPSA) is 114 Å². The number of carbonyl (C=O) groups excluding carboxylic acids is 1. The molecule has 0 fully saturated rings. The Balaban J connectivity index is 0.00000625. The van der Waals surface area contributed by atoms with E-state index in [1.807, 2.05) is 91.0 Å². The van der Waals surface area contributed by atoms with Gasteiger partial charge < -0.3 is 29.7 Å². The Labute approximate surface area is 295 Å². The zero-order chi connectivity index (χ0) is 33.5. The van der Waals surface area contributed by atoms with Crippen LogP contribution in [-0.4, -0.2) is 36.3 Å². The van der Waals surface area contributed by atoms with Crippen LogP contribution in [-0.2, 0) is 33.1 Å². The molecule has 0 atom stereocenters. The fourth-order valence-corrected chi connectivity index (χ4v) is 5.77. The third-order valence-corrected chi connectivity index (χ3v) is 8.19. The minimum atomic E-state index is -1.01. The predicted molar refractivity (Wildman–Crippen MR) is 183 cm³/mol. The first-order chi connectivity index (χ1) is 22.9. The Kier molecular flexibility index (Phi) is 15.7. The predicted octanol–water partition coefficient (Wildman–Crippen LogP) is 4.85.